The van der Waals surface area contributed by atoms with Gasteiger partial charge in [-0.25, -0.2) is 4.99 Å². The first-order chi connectivity index (χ1) is 12.3. The lowest BCUT2D eigenvalue weighted by atomic mass is 10.0. The van der Waals surface area contributed by atoms with Crippen LogP contribution in [0.25, 0.3) is 0 Å². The maximum atomic E-state index is 10.7. The highest BCUT2D eigenvalue weighted by atomic mass is 127. The zero-order valence-corrected chi connectivity index (χ0v) is 19.8. The van der Waals surface area contributed by atoms with Gasteiger partial charge in [-0.05, 0) is 58.4 Å². The molecule has 2 aromatic heterocycles. The molecule has 0 aromatic carbocycles. The van der Waals surface area contributed by atoms with E-state index in [-0.39, 0.29) is 36.6 Å². The molecule has 0 aliphatic rings. The van der Waals surface area contributed by atoms with Crippen LogP contribution in [0.1, 0.15) is 36.3 Å². The maximum Gasteiger partial charge on any atom is 0.191 e. The molecule has 2 atom stereocenters. The molecule has 0 aliphatic carbocycles. The second kappa shape index (κ2) is 11.0. The Bertz CT molecular complexity index is 698. The quantitative estimate of drug-likeness (QED) is 0.291. The minimum absolute atomic E-state index is 0. The van der Waals surface area contributed by atoms with Crippen molar-refractivity contribution in [2.24, 2.45) is 4.99 Å². The number of hydrogen-bond donors (Lipinski definition) is 3. The van der Waals surface area contributed by atoms with Gasteiger partial charge in [-0.3, -0.25) is 0 Å². The van der Waals surface area contributed by atoms with E-state index in [1.54, 1.807) is 24.3 Å². The van der Waals surface area contributed by atoms with Crippen molar-refractivity contribution >= 4 is 41.3 Å². The lowest BCUT2D eigenvalue weighted by Gasteiger charge is -2.25. The Morgan fingerprint density at radius 3 is 2.59 bits per heavy atom. The number of hydrogen-bond acceptors (Lipinski definition) is 5. The van der Waals surface area contributed by atoms with Gasteiger partial charge >= 0.3 is 0 Å². The molecule has 0 spiro atoms. The monoisotopic (exact) mass is 506 g/mol. The summed E-state index contributed by atoms with van der Waals surface area (Å²) in [4.78, 5) is 8.04. The van der Waals surface area contributed by atoms with Gasteiger partial charge in [0.05, 0.1) is 12.6 Å². The van der Waals surface area contributed by atoms with Gasteiger partial charge in [-0.15, -0.1) is 35.3 Å². The predicted molar refractivity (Wildman–Crippen MR) is 123 cm³/mol. The summed E-state index contributed by atoms with van der Waals surface area (Å²) in [6.07, 6.45) is 0. The number of thiophene rings is 1. The first kappa shape index (κ1) is 23.9. The van der Waals surface area contributed by atoms with Gasteiger partial charge < -0.3 is 25.1 Å². The molecule has 0 bridgehead atoms. The third kappa shape index (κ3) is 7.10. The largest absolute Gasteiger partial charge is 0.463 e. The van der Waals surface area contributed by atoms with Crippen molar-refractivity contribution in [3.8, 4) is 0 Å². The first-order valence-electron chi connectivity index (χ1n) is 8.84. The molecule has 27 heavy (non-hydrogen) atoms. The molecule has 0 fully saturated rings. The Kier molecular flexibility index (Phi) is 9.78. The van der Waals surface area contributed by atoms with Crippen LogP contribution in [0, 0.1) is 6.92 Å². The van der Waals surface area contributed by atoms with E-state index in [4.69, 9.17) is 4.42 Å². The fraction of sp³-hybridized carbons (Fsp3) is 0.526. The summed E-state index contributed by atoms with van der Waals surface area (Å²) >= 11 is 1.75. The van der Waals surface area contributed by atoms with Gasteiger partial charge in [0.2, 0.25) is 0 Å². The third-order valence-corrected chi connectivity index (χ3v) is 5.09. The van der Waals surface area contributed by atoms with E-state index >= 15 is 0 Å². The molecule has 2 rings (SSSR count). The second-order valence-corrected chi connectivity index (χ2v) is 7.73. The summed E-state index contributed by atoms with van der Waals surface area (Å²) in [6, 6.07) is 8.11. The van der Waals surface area contributed by atoms with Crippen molar-refractivity contribution in [2.45, 2.75) is 32.4 Å². The zero-order chi connectivity index (χ0) is 19.2. The van der Waals surface area contributed by atoms with E-state index < -0.39 is 5.60 Å². The molecule has 2 unspecified atom stereocenters. The van der Waals surface area contributed by atoms with Crippen LogP contribution >= 0.6 is 35.3 Å². The van der Waals surface area contributed by atoms with Crippen LogP contribution in [0.2, 0.25) is 0 Å². The number of aliphatic hydroxyl groups is 1. The Hall–Kier alpha value is -1.10. The molecule has 8 heteroatoms. The number of nitrogens with zero attached hydrogens (tertiary/aromatic N) is 2. The minimum Gasteiger partial charge on any atom is -0.463 e. The van der Waals surface area contributed by atoms with Gasteiger partial charge in [-0.2, -0.15) is 0 Å². The first-order valence-corrected chi connectivity index (χ1v) is 9.72. The van der Waals surface area contributed by atoms with Crippen molar-refractivity contribution in [1.29, 1.82) is 0 Å². The smallest absolute Gasteiger partial charge is 0.191 e. The van der Waals surface area contributed by atoms with Gasteiger partial charge in [0.25, 0.3) is 0 Å². The topological polar surface area (TPSA) is 73.0 Å². The predicted octanol–water partition coefficient (Wildman–Crippen LogP) is 3.33. The number of nitrogens with one attached hydrogen (secondary N) is 2. The molecule has 0 saturated heterocycles. The molecular weight excluding hydrogens is 475 g/mol. The van der Waals surface area contributed by atoms with Gasteiger partial charge in [0.1, 0.15) is 17.1 Å². The zero-order valence-electron chi connectivity index (χ0n) is 16.7. The Morgan fingerprint density at radius 2 is 2.07 bits per heavy atom. The molecule has 152 valence electrons. The van der Waals surface area contributed by atoms with E-state index in [1.807, 2.05) is 19.9 Å². The standard InChI is InChI=1S/C19H30N4O2S.HI/c1-6-20-18(21-12-15(23(4)5)16-8-7-11-26-16)22-13-19(3,24)17-10-9-14(2)25-17;/h7-11,15,24H,6,12-13H2,1-5H3,(H2,20,21,22);1H. The average molecular weight is 506 g/mol. The van der Waals surface area contributed by atoms with Crippen LogP contribution in [0.15, 0.2) is 39.1 Å². The van der Waals surface area contributed by atoms with Crippen LogP contribution in [0.3, 0.4) is 0 Å². The van der Waals surface area contributed by atoms with Crippen molar-refractivity contribution in [1.82, 2.24) is 15.5 Å². The number of aryl methyl sites for hydroxylation is 1. The molecule has 0 saturated carbocycles. The van der Waals surface area contributed by atoms with Gasteiger partial charge in [0, 0.05) is 18.0 Å². The highest BCUT2D eigenvalue weighted by Crippen LogP contribution is 2.24. The SMILES string of the molecule is CCNC(=NCC(C)(O)c1ccc(C)o1)NCC(c1cccs1)N(C)C.I. The minimum atomic E-state index is -1.15. The summed E-state index contributed by atoms with van der Waals surface area (Å²) in [7, 11) is 4.14. The van der Waals surface area contributed by atoms with Gasteiger partial charge in [-0.1, -0.05) is 6.07 Å². The van der Waals surface area contributed by atoms with E-state index in [2.05, 4.69) is 52.1 Å². The van der Waals surface area contributed by atoms with Crippen molar-refractivity contribution in [3.63, 3.8) is 0 Å². The second-order valence-electron chi connectivity index (χ2n) is 6.76. The summed E-state index contributed by atoms with van der Waals surface area (Å²) < 4.78 is 5.55. The number of guanidine groups is 1. The summed E-state index contributed by atoms with van der Waals surface area (Å²) in [5, 5.41) is 19.4. The number of rotatable bonds is 8. The third-order valence-electron chi connectivity index (χ3n) is 4.12. The van der Waals surface area contributed by atoms with E-state index in [0.717, 1.165) is 18.8 Å². The number of furan rings is 1. The van der Waals surface area contributed by atoms with E-state index in [0.29, 0.717) is 11.7 Å². The Morgan fingerprint density at radius 1 is 1.33 bits per heavy atom. The Balaban J connectivity index is 0.00000364. The number of likely N-dealkylation sites (N-methyl/N-ethyl adjacent to an activating group) is 1. The van der Waals surface area contributed by atoms with E-state index in [9.17, 15) is 5.11 Å². The molecule has 0 aliphatic heterocycles. The molecule has 3 N–H and O–H groups in total. The lowest BCUT2D eigenvalue weighted by molar-refractivity contribution is 0.0428. The highest BCUT2D eigenvalue weighted by molar-refractivity contribution is 14.0. The molecule has 2 heterocycles. The van der Waals surface area contributed by atoms with Crippen molar-refractivity contribution in [2.75, 3.05) is 33.7 Å². The number of aliphatic imine (C=N–C) groups is 1. The summed E-state index contributed by atoms with van der Waals surface area (Å²) in [5.74, 6) is 1.98. The summed E-state index contributed by atoms with van der Waals surface area (Å²) in [6.45, 7) is 7.28. The molecule has 6 nitrogen and oxygen atoms in total. The molecule has 0 amide bonds. The normalized spacial score (nSPS) is 15.1. The fourth-order valence-corrected chi connectivity index (χ4v) is 3.51. The van der Waals surface area contributed by atoms with Crippen LogP contribution in [-0.2, 0) is 5.60 Å². The Labute approximate surface area is 183 Å². The van der Waals surface area contributed by atoms with Gasteiger partial charge in [0.15, 0.2) is 5.96 Å². The average Bonchev–Trinajstić information content (AvgIpc) is 3.24. The summed E-state index contributed by atoms with van der Waals surface area (Å²) in [5.41, 5.74) is -1.15. The molecule has 0 radical (unpaired) electrons. The maximum absolute atomic E-state index is 10.7. The van der Waals surface area contributed by atoms with Crippen molar-refractivity contribution < 1.29 is 9.52 Å². The number of halogens is 1. The van der Waals surface area contributed by atoms with Crippen LogP contribution in [0.4, 0.5) is 0 Å². The van der Waals surface area contributed by atoms with E-state index in [1.165, 1.54) is 4.88 Å². The highest BCUT2D eigenvalue weighted by Gasteiger charge is 2.27. The van der Waals surface area contributed by atoms with Crippen LogP contribution < -0.4 is 10.6 Å². The van der Waals surface area contributed by atoms with Crippen LogP contribution in [0.5, 0.6) is 0 Å². The molecule has 2 aromatic rings. The van der Waals surface area contributed by atoms with Crippen molar-refractivity contribution in [3.05, 3.63) is 46.0 Å². The van der Waals surface area contributed by atoms with Crippen LogP contribution in [-0.4, -0.2) is 49.7 Å². The lowest BCUT2D eigenvalue weighted by Crippen LogP contribution is -2.42. The molecular formula is C19H31IN4O2S. The fourth-order valence-electron chi connectivity index (χ4n) is 2.59.